The summed E-state index contributed by atoms with van der Waals surface area (Å²) in [5.74, 6) is -0.893. The van der Waals surface area contributed by atoms with Crippen LogP contribution in [0.25, 0.3) is 0 Å². The number of carboxylic acids is 1. The summed E-state index contributed by atoms with van der Waals surface area (Å²) in [4.78, 5) is 16.0. The third-order valence-electron chi connectivity index (χ3n) is 5.58. The summed E-state index contributed by atoms with van der Waals surface area (Å²) in [6.45, 7) is 4.92. The number of benzene rings is 2. The van der Waals surface area contributed by atoms with Gasteiger partial charge >= 0.3 is 5.97 Å². The normalized spacial score (nSPS) is 18.0. The molecule has 156 valence electrons. The zero-order valence-electron chi connectivity index (χ0n) is 17.4. The Morgan fingerprint density at radius 1 is 1.28 bits per heavy atom. The van der Waals surface area contributed by atoms with Gasteiger partial charge < -0.3 is 19.5 Å². The van der Waals surface area contributed by atoms with Crippen molar-refractivity contribution in [2.45, 2.75) is 25.5 Å². The van der Waals surface area contributed by atoms with E-state index in [0.29, 0.717) is 12.4 Å². The van der Waals surface area contributed by atoms with Crippen LogP contribution in [0.15, 0.2) is 48.5 Å². The third-order valence-corrected chi connectivity index (χ3v) is 5.58. The summed E-state index contributed by atoms with van der Waals surface area (Å²) in [6, 6.07) is 16.1. The summed E-state index contributed by atoms with van der Waals surface area (Å²) in [5.41, 5.74) is 3.35. The second-order valence-electron chi connectivity index (χ2n) is 7.59. The summed E-state index contributed by atoms with van der Waals surface area (Å²) >= 11 is 0. The molecule has 1 aliphatic rings. The first-order valence-corrected chi connectivity index (χ1v) is 9.94. The maximum Gasteiger partial charge on any atom is 0.335 e. The van der Waals surface area contributed by atoms with Crippen LogP contribution in [-0.2, 0) is 9.47 Å². The van der Waals surface area contributed by atoms with E-state index in [0.717, 1.165) is 37.3 Å². The molecule has 1 N–H and O–H groups in total. The van der Waals surface area contributed by atoms with Gasteiger partial charge in [-0.15, -0.1) is 0 Å². The summed E-state index contributed by atoms with van der Waals surface area (Å²) in [6.07, 6.45) is 1.20. The molecule has 2 aromatic carbocycles. The number of anilines is 1. The number of aryl methyl sites for hydroxylation is 1. The molecule has 0 saturated carbocycles. The van der Waals surface area contributed by atoms with E-state index in [1.165, 1.54) is 5.56 Å². The van der Waals surface area contributed by atoms with Crippen LogP contribution >= 0.6 is 0 Å². The lowest BCUT2D eigenvalue weighted by atomic mass is 10.0. The number of nitrogens with zero attached hydrogens (tertiary/aromatic N) is 2. The highest BCUT2D eigenvalue weighted by molar-refractivity contribution is 5.89. The van der Waals surface area contributed by atoms with Crippen LogP contribution in [0.5, 0.6) is 0 Å². The van der Waals surface area contributed by atoms with E-state index in [4.69, 9.17) is 9.47 Å². The lowest BCUT2D eigenvalue weighted by Crippen LogP contribution is -2.36. The van der Waals surface area contributed by atoms with E-state index < -0.39 is 5.97 Å². The number of aromatic carboxylic acids is 1. The fraction of sp³-hybridized carbons (Fsp3) is 0.435. The minimum atomic E-state index is -0.893. The van der Waals surface area contributed by atoms with Crippen molar-refractivity contribution in [3.63, 3.8) is 0 Å². The van der Waals surface area contributed by atoms with Gasteiger partial charge in [-0.1, -0.05) is 30.3 Å². The first-order chi connectivity index (χ1) is 14.0. The maximum absolute atomic E-state index is 11.4. The Balaban J connectivity index is 1.79. The van der Waals surface area contributed by atoms with E-state index in [-0.39, 0.29) is 12.1 Å². The molecule has 0 aromatic heterocycles. The fourth-order valence-electron chi connectivity index (χ4n) is 3.92. The number of carbonyl (C=O) groups is 1. The maximum atomic E-state index is 11.4. The van der Waals surface area contributed by atoms with Crippen molar-refractivity contribution in [3.05, 3.63) is 65.2 Å². The van der Waals surface area contributed by atoms with E-state index in [2.05, 4.69) is 41.1 Å². The zero-order valence-corrected chi connectivity index (χ0v) is 17.4. The van der Waals surface area contributed by atoms with Gasteiger partial charge in [-0.05, 0) is 42.7 Å². The van der Waals surface area contributed by atoms with Gasteiger partial charge in [0.25, 0.3) is 0 Å². The molecule has 0 radical (unpaired) electrons. The molecule has 0 spiro atoms. The molecule has 29 heavy (non-hydrogen) atoms. The first kappa shape index (κ1) is 21.3. The quantitative estimate of drug-likeness (QED) is 0.652. The highest BCUT2D eigenvalue weighted by atomic mass is 16.7. The molecule has 0 bridgehead atoms. The number of likely N-dealkylation sites (N-methyl/N-ethyl adjacent to an activating group) is 1. The summed E-state index contributed by atoms with van der Waals surface area (Å²) in [7, 11) is 3.71. The zero-order chi connectivity index (χ0) is 20.8. The number of rotatable bonds is 9. The molecule has 1 saturated heterocycles. The number of hydrogen-bond acceptors (Lipinski definition) is 5. The lowest BCUT2D eigenvalue weighted by molar-refractivity contribution is -0.0671. The number of ether oxygens (including phenoxy) is 2. The molecule has 1 fully saturated rings. The minimum absolute atomic E-state index is 0.146. The van der Waals surface area contributed by atoms with Crippen LogP contribution < -0.4 is 4.90 Å². The topological polar surface area (TPSA) is 62.2 Å². The molecule has 2 aromatic rings. The minimum Gasteiger partial charge on any atom is -0.478 e. The first-order valence-electron chi connectivity index (χ1n) is 9.94. The molecule has 3 rings (SSSR count). The van der Waals surface area contributed by atoms with Crippen molar-refractivity contribution in [3.8, 4) is 0 Å². The van der Waals surface area contributed by atoms with Crippen LogP contribution in [0.1, 0.15) is 33.9 Å². The average Bonchev–Trinajstić information content (AvgIpc) is 3.17. The largest absolute Gasteiger partial charge is 0.478 e. The molecular weight excluding hydrogens is 368 g/mol. The second-order valence-corrected chi connectivity index (χ2v) is 7.59. The monoisotopic (exact) mass is 398 g/mol. The van der Waals surface area contributed by atoms with Crippen molar-refractivity contribution >= 4 is 11.7 Å². The number of carboxylic acid groups (broad SMARTS) is 1. The van der Waals surface area contributed by atoms with Gasteiger partial charge in [0.05, 0.1) is 17.7 Å². The Hall–Kier alpha value is -2.41. The Morgan fingerprint density at radius 2 is 2.03 bits per heavy atom. The van der Waals surface area contributed by atoms with Gasteiger partial charge in [-0.2, -0.15) is 0 Å². The molecule has 6 nitrogen and oxygen atoms in total. The molecule has 2 atom stereocenters. The highest BCUT2D eigenvalue weighted by Gasteiger charge is 2.28. The number of likely N-dealkylation sites (tertiary alicyclic amines) is 1. The molecule has 1 heterocycles. The second kappa shape index (κ2) is 9.87. The summed E-state index contributed by atoms with van der Waals surface area (Å²) in [5, 5.41) is 9.32. The van der Waals surface area contributed by atoms with Crippen molar-refractivity contribution in [1.29, 1.82) is 0 Å². The Labute approximate surface area is 172 Å². The van der Waals surface area contributed by atoms with Crippen molar-refractivity contribution in [2.75, 3.05) is 45.5 Å². The molecule has 0 amide bonds. The average molecular weight is 399 g/mol. The summed E-state index contributed by atoms with van der Waals surface area (Å²) < 4.78 is 10.8. The molecule has 0 aliphatic carbocycles. The SMILES string of the molecule is COCOC1CCN(CC(c2ccccc2)N(C)c2ccc(C(=O)O)c(C)c2)C1. The van der Waals surface area contributed by atoms with Gasteiger partial charge in [0.1, 0.15) is 6.79 Å². The molecular formula is C23H30N2O4. The van der Waals surface area contributed by atoms with E-state index >= 15 is 0 Å². The van der Waals surface area contributed by atoms with Gasteiger partial charge in [-0.3, -0.25) is 4.90 Å². The highest BCUT2D eigenvalue weighted by Crippen LogP contribution is 2.29. The Morgan fingerprint density at radius 3 is 2.69 bits per heavy atom. The fourth-order valence-corrected chi connectivity index (χ4v) is 3.92. The Kier molecular flexibility index (Phi) is 7.25. The predicted molar refractivity (Wildman–Crippen MR) is 114 cm³/mol. The van der Waals surface area contributed by atoms with Crippen LogP contribution in [0, 0.1) is 6.92 Å². The number of methoxy groups -OCH3 is 1. The smallest absolute Gasteiger partial charge is 0.335 e. The van der Waals surface area contributed by atoms with Crippen molar-refractivity contribution in [1.82, 2.24) is 4.90 Å². The molecule has 1 aliphatic heterocycles. The van der Waals surface area contributed by atoms with E-state index in [1.54, 1.807) is 13.2 Å². The van der Waals surface area contributed by atoms with Crippen molar-refractivity contribution < 1.29 is 19.4 Å². The van der Waals surface area contributed by atoms with E-state index in [9.17, 15) is 9.90 Å². The molecule has 6 heteroatoms. The Bertz CT molecular complexity index is 812. The van der Waals surface area contributed by atoms with Crippen molar-refractivity contribution in [2.24, 2.45) is 0 Å². The van der Waals surface area contributed by atoms with Gasteiger partial charge in [0.2, 0.25) is 0 Å². The molecule has 2 unspecified atom stereocenters. The number of hydrogen-bond donors (Lipinski definition) is 1. The predicted octanol–water partition coefficient (Wildman–Crippen LogP) is 3.57. The van der Waals surface area contributed by atoms with Crippen LogP contribution in [0.3, 0.4) is 0 Å². The van der Waals surface area contributed by atoms with Crippen LogP contribution in [0.4, 0.5) is 5.69 Å². The lowest BCUT2D eigenvalue weighted by Gasteiger charge is -2.34. The van der Waals surface area contributed by atoms with Gasteiger partial charge in [0, 0.05) is 39.5 Å². The third kappa shape index (κ3) is 5.35. The van der Waals surface area contributed by atoms with Gasteiger partial charge in [-0.25, -0.2) is 4.79 Å². The standard InChI is InChI=1S/C23H30N2O4/c1-17-13-19(9-10-21(17)23(26)27)24(2)22(18-7-5-4-6-8-18)15-25-12-11-20(14-25)29-16-28-3/h4-10,13,20,22H,11-12,14-16H2,1-3H3,(H,26,27). The van der Waals surface area contributed by atoms with Gasteiger partial charge in [0.15, 0.2) is 0 Å². The van der Waals surface area contributed by atoms with Crippen LogP contribution in [0.2, 0.25) is 0 Å². The van der Waals surface area contributed by atoms with E-state index in [1.807, 2.05) is 25.1 Å². The van der Waals surface area contributed by atoms with Crippen LogP contribution in [-0.4, -0.2) is 62.7 Å².